The zero-order valence-electron chi connectivity index (χ0n) is 12.7. The molecule has 1 atom stereocenters. The first kappa shape index (κ1) is 14.0. The molecular weight excluding hydrogens is 310 g/mol. The Bertz CT molecular complexity index is 870. The number of fused-ring (bicyclic) bond motifs is 1. The second-order valence-electron chi connectivity index (χ2n) is 5.43. The maximum Gasteiger partial charge on any atom is 0.272 e. The van der Waals surface area contributed by atoms with Crippen LogP contribution in [0.15, 0.2) is 41.8 Å². The van der Waals surface area contributed by atoms with Crippen LogP contribution in [-0.4, -0.2) is 35.2 Å². The maximum absolute atomic E-state index is 12.5. The molecular formula is C17H15N3O2S. The Morgan fingerprint density at radius 2 is 2.17 bits per heavy atom. The number of amides is 1. The molecule has 1 N–H and O–H groups in total. The molecule has 6 heteroatoms. The quantitative estimate of drug-likeness (QED) is 0.803. The van der Waals surface area contributed by atoms with Gasteiger partial charge in [0.15, 0.2) is 0 Å². The summed E-state index contributed by atoms with van der Waals surface area (Å²) in [6.07, 6.45) is 0. The van der Waals surface area contributed by atoms with Gasteiger partial charge in [-0.15, -0.1) is 11.3 Å². The summed E-state index contributed by atoms with van der Waals surface area (Å²) >= 11 is 1.64. The van der Waals surface area contributed by atoms with Crippen LogP contribution in [0.3, 0.4) is 0 Å². The van der Waals surface area contributed by atoms with E-state index in [1.165, 1.54) is 0 Å². The van der Waals surface area contributed by atoms with Crippen molar-refractivity contribution in [1.82, 2.24) is 15.1 Å². The van der Waals surface area contributed by atoms with Crippen molar-refractivity contribution >= 4 is 17.2 Å². The van der Waals surface area contributed by atoms with E-state index in [1.54, 1.807) is 23.3 Å². The predicted molar refractivity (Wildman–Crippen MR) is 88.8 cm³/mol. The van der Waals surface area contributed by atoms with Crippen molar-refractivity contribution in [3.63, 3.8) is 0 Å². The lowest BCUT2D eigenvalue weighted by Crippen LogP contribution is -2.24. The Hall–Kier alpha value is -2.60. The second kappa shape index (κ2) is 5.24. The Balaban J connectivity index is 1.89. The lowest BCUT2D eigenvalue weighted by molar-refractivity contribution is 0.0789. The summed E-state index contributed by atoms with van der Waals surface area (Å²) in [6.45, 7) is 0. The minimum Gasteiger partial charge on any atom is -0.497 e. The standard InChI is InChI=1S/C17H15N3O2S/c1-20-16(12-7-4-8-23-12)13-14(18-19-15(13)17(20)21)10-5-3-6-11(9-10)22-2/h3-9,16H,1-2H3,(H,18,19)/t16-/m0/s1. The van der Waals surface area contributed by atoms with E-state index in [0.717, 1.165) is 27.4 Å². The molecule has 0 aliphatic carbocycles. The lowest BCUT2D eigenvalue weighted by Gasteiger charge is -2.20. The Labute approximate surface area is 137 Å². The Morgan fingerprint density at radius 1 is 1.30 bits per heavy atom. The van der Waals surface area contributed by atoms with Crippen LogP contribution in [0.1, 0.15) is 27.0 Å². The molecule has 0 bridgehead atoms. The maximum atomic E-state index is 12.5. The average Bonchev–Trinajstić information content (AvgIpc) is 3.28. The molecule has 3 heterocycles. The summed E-state index contributed by atoms with van der Waals surface area (Å²) in [5.41, 5.74) is 3.25. The third kappa shape index (κ3) is 2.06. The van der Waals surface area contributed by atoms with Crippen LogP contribution in [0.4, 0.5) is 0 Å². The molecule has 0 radical (unpaired) electrons. The molecule has 1 aromatic carbocycles. The molecule has 5 nitrogen and oxygen atoms in total. The minimum absolute atomic E-state index is 0.0277. The molecule has 0 spiro atoms. The van der Waals surface area contributed by atoms with E-state index in [9.17, 15) is 4.79 Å². The smallest absolute Gasteiger partial charge is 0.272 e. The number of methoxy groups -OCH3 is 1. The summed E-state index contributed by atoms with van der Waals surface area (Å²) in [4.78, 5) is 15.4. The molecule has 4 rings (SSSR count). The first-order valence-corrected chi connectivity index (χ1v) is 8.12. The number of hydrogen-bond donors (Lipinski definition) is 1. The Kier molecular flexibility index (Phi) is 3.20. The number of H-pyrrole nitrogens is 1. The number of thiophene rings is 1. The molecule has 116 valence electrons. The van der Waals surface area contributed by atoms with Gasteiger partial charge in [-0.25, -0.2) is 0 Å². The van der Waals surface area contributed by atoms with Crippen molar-refractivity contribution < 1.29 is 9.53 Å². The highest BCUT2D eigenvalue weighted by atomic mass is 32.1. The summed E-state index contributed by atoms with van der Waals surface area (Å²) in [6, 6.07) is 11.7. The normalized spacial score (nSPS) is 16.7. The number of ether oxygens (including phenoxy) is 1. The van der Waals surface area contributed by atoms with Crippen LogP contribution in [0.2, 0.25) is 0 Å². The number of aromatic amines is 1. The first-order valence-electron chi connectivity index (χ1n) is 7.24. The summed E-state index contributed by atoms with van der Waals surface area (Å²) in [5.74, 6) is 0.740. The van der Waals surface area contributed by atoms with Crippen molar-refractivity contribution in [2.45, 2.75) is 6.04 Å². The zero-order chi connectivity index (χ0) is 16.0. The van der Waals surface area contributed by atoms with Crippen molar-refractivity contribution in [2.24, 2.45) is 0 Å². The second-order valence-corrected chi connectivity index (χ2v) is 6.41. The van der Waals surface area contributed by atoms with E-state index in [-0.39, 0.29) is 11.9 Å². The SMILES string of the molecule is COc1cccc(-c2n[nH]c3c2[C@H](c2cccs2)N(C)C3=O)c1. The van der Waals surface area contributed by atoms with Crippen LogP contribution in [0.5, 0.6) is 5.75 Å². The highest BCUT2D eigenvalue weighted by Gasteiger charge is 2.40. The molecule has 3 aromatic rings. The van der Waals surface area contributed by atoms with Crippen molar-refractivity contribution in [3.05, 3.63) is 57.9 Å². The van der Waals surface area contributed by atoms with E-state index in [2.05, 4.69) is 16.3 Å². The zero-order valence-corrected chi connectivity index (χ0v) is 13.6. The number of aromatic nitrogens is 2. The summed E-state index contributed by atoms with van der Waals surface area (Å²) in [7, 11) is 3.47. The number of nitrogens with zero attached hydrogens (tertiary/aromatic N) is 2. The van der Waals surface area contributed by atoms with Gasteiger partial charge in [-0.05, 0) is 23.6 Å². The number of carbonyl (C=O) groups is 1. The van der Waals surface area contributed by atoms with Crippen molar-refractivity contribution in [2.75, 3.05) is 14.2 Å². The highest BCUT2D eigenvalue weighted by Crippen LogP contribution is 2.43. The first-order chi connectivity index (χ1) is 11.2. The molecule has 1 aliphatic rings. The fourth-order valence-electron chi connectivity index (χ4n) is 3.04. The van der Waals surface area contributed by atoms with Gasteiger partial charge >= 0.3 is 0 Å². The van der Waals surface area contributed by atoms with Gasteiger partial charge < -0.3 is 9.64 Å². The molecule has 1 amide bonds. The largest absolute Gasteiger partial charge is 0.497 e. The molecule has 1 aliphatic heterocycles. The van der Waals surface area contributed by atoms with E-state index in [1.807, 2.05) is 42.8 Å². The van der Waals surface area contributed by atoms with Crippen molar-refractivity contribution in [1.29, 1.82) is 0 Å². The van der Waals surface area contributed by atoms with E-state index < -0.39 is 0 Å². The van der Waals surface area contributed by atoms with Gasteiger partial charge in [0.05, 0.1) is 18.8 Å². The van der Waals surface area contributed by atoms with E-state index >= 15 is 0 Å². The monoisotopic (exact) mass is 325 g/mol. The van der Waals surface area contributed by atoms with Gasteiger partial charge in [-0.3, -0.25) is 9.89 Å². The van der Waals surface area contributed by atoms with Crippen LogP contribution in [-0.2, 0) is 0 Å². The van der Waals surface area contributed by atoms with Crippen LogP contribution in [0, 0.1) is 0 Å². The molecule has 2 aromatic heterocycles. The molecule has 0 saturated carbocycles. The van der Waals surface area contributed by atoms with Gasteiger partial charge in [-0.1, -0.05) is 18.2 Å². The van der Waals surface area contributed by atoms with E-state index in [4.69, 9.17) is 4.74 Å². The van der Waals surface area contributed by atoms with Gasteiger partial charge in [0, 0.05) is 23.1 Å². The van der Waals surface area contributed by atoms with Crippen LogP contribution >= 0.6 is 11.3 Å². The molecule has 0 fully saturated rings. The highest BCUT2D eigenvalue weighted by molar-refractivity contribution is 7.10. The third-order valence-electron chi connectivity index (χ3n) is 4.15. The molecule has 23 heavy (non-hydrogen) atoms. The fourth-order valence-corrected chi connectivity index (χ4v) is 3.91. The van der Waals surface area contributed by atoms with Gasteiger partial charge in [0.2, 0.25) is 0 Å². The number of hydrogen-bond acceptors (Lipinski definition) is 4. The molecule has 0 unspecified atom stereocenters. The van der Waals surface area contributed by atoms with Gasteiger partial charge in [0.1, 0.15) is 11.4 Å². The average molecular weight is 325 g/mol. The summed E-state index contributed by atoms with van der Waals surface area (Å²) < 4.78 is 5.30. The molecule has 0 saturated heterocycles. The van der Waals surface area contributed by atoms with Crippen LogP contribution < -0.4 is 4.74 Å². The minimum atomic E-state index is -0.0996. The van der Waals surface area contributed by atoms with Crippen molar-refractivity contribution in [3.8, 4) is 17.0 Å². The number of benzene rings is 1. The van der Waals surface area contributed by atoms with Gasteiger partial charge in [-0.2, -0.15) is 5.10 Å². The number of carbonyl (C=O) groups excluding carboxylic acids is 1. The number of nitrogens with one attached hydrogen (secondary N) is 1. The van der Waals surface area contributed by atoms with E-state index in [0.29, 0.717) is 5.69 Å². The number of rotatable bonds is 3. The van der Waals surface area contributed by atoms with Crippen LogP contribution in [0.25, 0.3) is 11.3 Å². The van der Waals surface area contributed by atoms with Gasteiger partial charge in [0.25, 0.3) is 5.91 Å². The fraction of sp³-hybridized carbons (Fsp3) is 0.176. The lowest BCUT2D eigenvalue weighted by atomic mass is 10.0. The third-order valence-corrected chi connectivity index (χ3v) is 5.08. The predicted octanol–water partition coefficient (Wildman–Crippen LogP) is 3.32. The Morgan fingerprint density at radius 3 is 2.91 bits per heavy atom. The topological polar surface area (TPSA) is 58.2 Å². The summed E-state index contributed by atoms with van der Waals surface area (Å²) in [5, 5.41) is 9.35.